The van der Waals surface area contributed by atoms with Crippen molar-refractivity contribution < 1.29 is 35.9 Å². The first kappa shape index (κ1) is 19.1. The van der Waals surface area contributed by atoms with Gasteiger partial charge in [0, 0.05) is 0 Å². The van der Waals surface area contributed by atoms with Crippen LogP contribution in [0.3, 0.4) is 0 Å². The first-order chi connectivity index (χ1) is 9.86. The van der Waals surface area contributed by atoms with Crippen LogP contribution in [0.5, 0.6) is 0 Å². The molecule has 0 amide bonds. The molecule has 0 radical (unpaired) electrons. The Labute approximate surface area is 125 Å². The molecule has 0 saturated heterocycles. The van der Waals surface area contributed by atoms with Crippen molar-refractivity contribution in [3.63, 3.8) is 0 Å². The van der Waals surface area contributed by atoms with Crippen molar-refractivity contribution in [2.45, 2.75) is 64.9 Å². The molecule has 0 aliphatic heterocycles. The van der Waals surface area contributed by atoms with E-state index in [0.717, 1.165) is 0 Å². The Morgan fingerprint density at radius 1 is 1.00 bits per heavy atom. The Kier molecular flexibility index (Phi) is 5.45. The highest BCUT2D eigenvalue weighted by atomic mass is 19.4. The summed E-state index contributed by atoms with van der Waals surface area (Å²) >= 11 is 0. The first-order valence-corrected chi connectivity index (χ1v) is 7.21. The van der Waals surface area contributed by atoms with Gasteiger partial charge in [0.15, 0.2) is 0 Å². The van der Waals surface area contributed by atoms with Crippen molar-refractivity contribution in [2.24, 2.45) is 17.3 Å². The second-order valence-electron chi connectivity index (χ2n) is 6.05. The van der Waals surface area contributed by atoms with Gasteiger partial charge < -0.3 is 4.74 Å². The molecule has 22 heavy (non-hydrogen) atoms. The molecule has 1 saturated carbocycles. The van der Waals surface area contributed by atoms with Crippen LogP contribution in [0.15, 0.2) is 0 Å². The van der Waals surface area contributed by atoms with Crippen molar-refractivity contribution in [1.29, 1.82) is 0 Å². The Morgan fingerprint density at radius 3 is 1.86 bits per heavy atom. The summed E-state index contributed by atoms with van der Waals surface area (Å²) in [6.45, 7) is 4.48. The Morgan fingerprint density at radius 2 is 1.50 bits per heavy atom. The molecule has 8 heteroatoms. The molecule has 0 spiro atoms. The average molecular weight is 334 g/mol. The predicted octanol–water partition coefficient (Wildman–Crippen LogP) is 4.88. The van der Waals surface area contributed by atoms with Gasteiger partial charge in [-0.1, -0.05) is 20.8 Å². The van der Waals surface area contributed by atoms with Crippen molar-refractivity contribution >= 4 is 5.97 Å². The van der Waals surface area contributed by atoms with Crippen LogP contribution in [0.4, 0.5) is 26.3 Å². The zero-order chi connectivity index (χ0) is 17.3. The van der Waals surface area contributed by atoms with Gasteiger partial charge in [0.1, 0.15) is 6.10 Å². The summed E-state index contributed by atoms with van der Waals surface area (Å²) in [5, 5.41) is 0. The summed E-state index contributed by atoms with van der Waals surface area (Å²) in [4.78, 5) is 11.8. The summed E-state index contributed by atoms with van der Waals surface area (Å²) in [6, 6.07) is 0. The van der Waals surface area contributed by atoms with E-state index in [2.05, 4.69) is 4.74 Å². The molecule has 0 aromatic carbocycles. The molecule has 0 heterocycles. The molecule has 0 aromatic heterocycles. The van der Waals surface area contributed by atoms with E-state index >= 15 is 0 Å². The van der Waals surface area contributed by atoms with Crippen molar-refractivity contribution in [3.8, 4) is 0 Å². The maximum Gasteiger partial charge on any atom is 0.413 e. The SMILES string of the molecule is CCC(C(=O)O[C@@H]1CC[C@H](C)[C@H](C)C1)(C(F)(F)F)C(F)(F)F. The lowest BCUT2D eigenvalue weighted by Gasteiger charge is -2.37. The molecule has 3 atom stereocenters. The van der Waals surface area contributed by atoms with Gasteiger partial charge in [-0.2, -0.15) is 26.3 Å². The normalized spacial score (nSPS) is 27.6. The van der Waals surface area contributed by atoms with Gasteiger partial charge in [0.25, 0.3) is 5.41 Å². The molecule has 0 bridgehead atoms. The fourth-order valence-corrected chi connectivity index (χ4v) is 2.79. The Bertz CT molecular complexity index is 387. The van der Waals surface area contributed by atoms with Crippen molar-refractivity contribution in [2.75, 3.05) is 0 Å². The number of esters is 1. The summed E-state index contributed by atoms with van der Waals surface area (Å²) < 4.78 is 82.6. The smallest absolute Gasteiger partial charge is 0.413 e. The van der Waals surface area contributed by atoms with E-state index in [1.807, 2.05) is 13.8 Å². The van der Waals surface area contributed by atoms with Gasteiger partial charge in [0.05, 0.1) is 0 Å². The minimum absolute atomic E-state index is 0.0827. The molecule has 1 rings (SSSR count). The minimum atomic E-state index is -5.75. The molecule has 0 unspecified atom stereocenters. The molecule has 0 N–H and O–H groups in total. The van der Waals surface area contributed by atoms with Crippen LogP contribution in [0.2, 0.25) is 0 Å². The molecule has 130 valence electrons. The fraction of sp³-hybridized carbons (Fsp3) is 0.929. The van der Waals surface area contributed by atoms with E-state index < -0.39 is 36.3 Å². The van der Waals surface area contributed by atoms with E-state index in [-0.39, 0.29) is 18.8 Å². The fourth-order valence-electron chi connectivity index (χ4n) is 2.79. The third-order valence-electron chi connectivity index (χ3n) is 4.67. The van der Waals surface area contributed by atoms with Crippen molar-refractivity contribution in [1.82, 2.24) is 0 Å². The second-order valence-corrected chi connectivity index (χ2v) is 6.05. The van der Waals surface area contributed by atoms with E-state index in [0.29, 0.717) is 19.3 Å². The lowest BCUT2D eigenvalue weighted by molar-refractivity contribution is -0.334. The lowest BCUT2D eigenvalue weighted by atomic mass is 9.79. The van der Waals surface area contributed by atoms with Crippen LogP contribution < -0.4 is 0 Å². The number of halogens is 6. The number of carbonyl (C=O) groups excluding carboxylic acids is 1. The number of ether oxygens (including phenoxy) is 1. The van der Waals surface area contributed by atoms with Crippen LogP contribution in [-0.2, 0) is 9.53 Å². The minimum Gasteiger partial charge on any atom is -0.461 e. The third kappa shape index (κ3) is 3.35. The maximum absolute atomic E-state index is 13.0. The van der Waals surface area contributed by atoms with Gasteiger partial charge >= 0.3 is 18.3 Å². The van der Waals surface area contributed by atoms with Crippen molar-refractivity contribution in [3.05, 3.63) is 0 Å². The monoisotopic (exact) mass is 334 g/mol. The molecule has 1 aliphatic carbocycles. The highest BCUT2D eigenvalue weighted by Crippen LogP contribution is 2.53. The van der Waals surface area contributed by atoms with Crippen LogP contribution in [0.25, 0.3) is 0 Å². The summed E-state index contributed by atoms with van der Waals surface area (Å²) in [5.74, 6) is -1.85. The van der Waals surface area contributed by atoms with Crippen LogP contribution in [-0.4, -0.2) is 24.4 Å². The van der Waals surface area contributed by atoms with Crippen LogP contribution >= 0.6 is 0 Å². The topological polar surface area (TPSA) is 26.3 Å². The molecular weight excluding hydrogens is 314 g/mol. The van der Waals surface area contributed by atoms with Crippen LogP contribution in [0.1, 0.15) is 46.5 Å². The number of carbonyl (C=O) groups is 1. The quantitative estimate of drug-likeness (QED) is 0.543. The zero-order valence-corrected chi connectivity index (χ0v) is 12.6. The highest BCUT2D eigenvalue weighted by Gasteiger charge is 2.75. The molecule has 1 aliphatic rings. The van der Waals surface area contributed by atoms with E-state index in [9.17, 15) is 31.1 Å². The van der Waals surface area contributed by atoms with E-state index in [1.165, 1.54) is 0 Å². The van der Waals surface area contributed by atoms with Gasteiger partial charge in [-0.05, 0) is 37.5 Å². The third-order valence-corrected chi connectivity index (χ3v) is 4.67. The lowest BCUT2D eigenvalue weighted by Crippen LogP contribution is -2.56. The van der Waals surface area contributed by atoms with E-state index in [4.69, 9.17) is 0 Å². The summed E-state index contributed by atoms with van der Waals surface area (Å²) in [7, 11) is 0. The molecule has 1 fully saturated rings. The predicted molar refractivity (Wildman–Crippen MR) is 66.9 cm³/mol. The number of hydrogen-bond donors (Lipinski definition) is 0. The number of hydrogen-bond acceptors (Lipinski definition) is 2. The summed E-state index contributed by atoms with van der Waals surface area (Å²) in [6.07, 6.45) is -12.6. The van der Waals surface area contributed by atoms with Gasteiger partial charge in [0.2, 0.25) is 0 Å². The second kappa shape index (κ2) is 6.28. The number of rotatable bonds is 3. The van der Waals surface area contributed by atoms with Crippen LogP contribution in [0, 0.1) is 17.3 Å². The first-order valence-electron chi connectivity index (χ1n) is 7.21. The van der Waals surface area contributed by atoms with Gasteiger partial charge in [-0.3, -0.25) is 4.79 Å². The standard InChI is InChI=1S/C14H20F6O2/c1-4-12(13(15,16)17,14(18,19)20)11(21)22-10-6-5-8(2)9(3)7-10/h8-10H,4-7H2,1-3H3/t8-,9+,10+/m0/s1. The van der Waals surface area contributed by atoms with Gasteiger partial charge in [-0.15, -0.1) is 0 Å². The Balaban J connectivity index is 3.00. The molecular formula is C14H20F6O2. The Hall–Kier alpha value is -0.950. The maximum atomic E-state index is 13.0. The highest BCUT2D eigenvalue weighted by molar-refractivity contribution is 5.79. The molecule has 2 nitrogen and oxygen atoms in total. The summed E-state index contributed by atoms with van der Waals surface area (Å²) in [5.41, 5.74) is -4.45. The van der Waals surface area contributed by atoms with Gasteiger partial charge in [-0.25, -0.2) is 0 Å². The average Bonchev–Trinajstić information content (AvgIpc) is 2.31. The number of alkyl halides is 6. The largest absolute Gasteiger partial charge is 0.461 e. The zero-order valence-electron chi connectivity index (χ0n) is 12.6. The van der Waals surface area contributed by atoms with E-state index in [1.54, 1.807) is 0 Å². The molecule has 0 aromatic rings.